The summed E-state index contributed by atoms with van der Waals surface area (Å²) in [6.07, 6.45) is 8.37. The smallest absolute Gasteiger partial charge is 0.0444 e. The Morgan fingerprint density at radius 2 is 1.83 bits per heavy atom. The Kier molecular flexibility index (Phi) is 3.15. The number of hydrogen-bond acceptors (Lipinski definition) is 1. The molecule has 0 radical (unpaired) electrons. The van der Waals surface area contributed by atoms with Gasteiger partial charge in [0, 0.05) is 17.0 Å². The van der Waals surface area contributed by atoms with E-state index in [2.05, 4.69) is 24.5 Å². The molecule has 0 aliphatic heterocycles. The van der Waals surface area contributed by atoms with Crippen molar-refractivity contribution in [2.24, 2.45) is 5.41 Å². The molecule has 2 heteroatoms. The van der Waals surface area contributed by atoms with Gasteiger partial charge in [-0.15, -0.1) is 0 Å². The molecule has 3 rings (SSSR count). The van der Waals surface area contributed by atoms with Crippen LogP contribution in [0.1, 0.15) is 44.1 Å². The van der Waals surface area contributed by atoms with Crippen molar-refractivity contribution in [1.29, 1.82) is 0 Å². The number of benzene rings is 1. The van der Waals surface area contributed by atoms with Gasteiger partial charge in [-0.2, -0.15) is 0 Å². The Labute approximate surface area is 115 Å². The number of hydrogen-bond donors (Lipinski definition) is 1. The zero-order valence-corrected chi connectivity index (χ0v) is 11.9. The summed E-state index contributed by atoms with van der Waals surface area (Å²) >= 11 is 6.42. The monoisotopic (exact) mass is 263 g/mol. The Morgan fingerprint density at radius 3 is 2.44 bits per heavy atom. The van der Waals surface area contributed by atoms with Crippen LogP contribution in [0.15, 0.2) is 24.3 Å². The van der Waals surface area contributed by atoms with Gasteiger partial charge in [-0.05, 0) is 49.8 Å². The van der Waals surface area contributed by atoms with Crippen LogP contribution < -0.4 is 5.32 Å². The molecule has 1 N–H and O–H groups in total. The number of likely N-dealkylation sites (N-methyl/N-ethyl adjacent to an activating group) is 1. The van der Waals surface area contributed by atoms with Gasteiger partial charge in [0.25, 0.3) is 0 Å². The van der Waals surface area contributed by atoms with E-state index in [1.165, 1.54) is 44.1 Å². The molecule has 0 atom stereocenters. The molecule has 0 aromatic heterocycles. The lowest BCUT2D eigenvalue weighted by Gasteiger charge is -2.56. The fraction of sp³-hybridized carbons (Fsp3) is 0.625. The quantitative estimate of drug-likeness (QED) is 0.864. The van der Waals surface area contributed by atoms with E-state index in [9.17, 15) is 0 Å². The maximum Gasteiger partial charge on any atom is 0.0444 e. The first-order valence-electron chi connectivity index (χ1n) is 7.09. The summed E-state index contributed by atoms with van der Waals surface area (Å²) in [7, 11) is 2.05. The van der Waals surface area contributed by atoms with Crippen LogP contribution in [0.2, 0.25) is 5.02 Å². The largest absolute Gasteiger partial charge is 0.319 e. The average Bonchev–Trinajstić information content (AvgIpc) is 2.78. The van der Waals surface area contributed by atoms with E-state index in [0.29, 0.717) is 5.41 Å². The molecule has 2 aliphatic carbocycles. The van der Waals surface area contributed by atoms with Gasteiger partial charge < -0.3 is 5.32 Å². The van der Waals surface area contributed by atoms with Gasteiger partial charge in [0.05, 0.1) is 0 Å². The summed E-state index contributed by atoms with van der Waals surface area (Å²) in [6.45, 7) is 1.05. The van der Waals surface area contributed by atoms with Gasteiger partial charge >= 0.3 is 0 Å². The first kappa shape index (κ1) is 12.5. The molecule has 0 saturated heterocycles. The first-order chi connectivity index (χ1) is 8.70. The Bertz CT molecular complexity index is 426. The zero-order chi connectivity index (χ0) is 12.6. The maximum absolute atomic E-state index is 6.42. The van der Waals surface area contributed by atoms with Crippen LogP contribution in [-0.4, -0.2) is 13.6 Å². The molecular weight excluding hydrogens is 242 g/mol. The molecule has 1 nitrogen and oxygen atoms in total. The third-order valence-corrected chi connectivity index (χ3v) is 5.38. The van der Waals surface area contributed by atoms with Crippen LogP contribution in [0.25, 0.3) is 0 Å². The second-order valence-electron chi connectivity index (χ2n) is 6.35. The predicted molar refractivity (Wildman–Crippen MR) is 77.2 cm³/mol. The summed E-state index contributed by atoms with van der Waals surface area (Å²) in [4.78, 5) is 0. The Morgan fingerprint density at radius 1 is 1.17 bits per heavy atom. The van der Waals surface area contributed by atoms with Crippen molar-refractivity contribution < 1.29 is 0 Å². The van der Waals surface area contributed by atoms with Crippen molar-refractivity contribution in [2.45, 2.75) is 43.9 Å². The third-order valence-electron chi connectivity index (χ3n) is 5.05. The lowest BCUT2D eigenvalue weighted by Crippen LogP contribution is -2.53. The molecule has 1 spiro atoms. The number of nitrogens with one attached hydrogen (secondary N) is 1. The third kappa shape index (κ3) is 1.88. The van der Waals surface area contributed by atoms with Crippen LogP contribution in [0.5, 0.6) is 0 Å². The van der Waals surface area contributed by atoms with E-state index in [-0.39, 0.29) is 5.41 Å². The predicted octanol–water partition coefficient (Wildman–Crippen LogP) is 4.15. The van der Waals surface area contributed by atoms with Crippen molar-refractivity contribution in [2.75, 3.05) is 13.6 Å². The van der Waals surface area contributed by atoms with Crippen LogP contribution in [0.4, 0.5) is 0 Å². The van der Waals surface area contributed by atoms with Gasteiger partial charge in [-0.1, -0.05) is 42.6 Å². The number of rotatable bonds is 3. The fourth-order valence-electron chi connectivity index (χ4n) is 4.50. The lowest BCUT2D eigenvalue weighted by atomic mass is 9.49. The fourth-order valence-corrected chi connectivity index (χ4v) is 4.84. The highest BCUT2D eigenvalue weighted by molar-refractivity contribution is 6.31. The molecule has 2 aliphatic rings. The summed E-state index contributed by atoms with van der Waals surface area (Å²) in [5.41, 5.74) is 2.30. The van der Waals surface area contributed by atoms with E-state index in [0.717, 1.165) is 11.6 Å². The standard InChI is InChI=1S/C16H22ClN/c1-18-12-16(13-6-2-3-7-14(13)17)10-15(11-16)8-4-5-9-15/h2-3,6-7,18H,4-5,8-12H2,1H3. The number of halogens is 1. The van der Waals surface area contributed by atoms with Crippen LogP contribution in [0.3, 0.4) is 0 Å². The highest BCUT2D eigenvalue weighted by atomic mass is 35.5. The normalized spacial score (nSPS) is 24.1. The summed E-state index contributed by atoms with van der Waals surface area (Å²) in [5, 5.41) is 4.33. The Hall–Kier alpha value is -0.530. The van der Waals surface area contributed by atoms with Crippen LogP contribution in [0, 0.1) is 5.41 Å². The average molecular weight is 264 g/mol. The van der Waals surface area contributed by atoms with Gasteiger partial charge in [-0.25, -0.2) is 0 Å². The summed E-state index contributed by atoms with van der Waals surface area (Å²) in [6, 6.07) is 8.41. The minimum atomic E-state index is 0.289. The van der Waals surface area contributed by atoms with Crippen molar-refractivity contribution >= 4 is 11.6 Å². The molecule has 0 bridgehead atoms. The second-order valence-corrected chi connectivity index (χ2v) is 6.76. The second kappa shape index (κ2) is 4.54. The van der Waals surface area contributed by atoms with E-state index in [1.54, 1.807) is 0 Å². The topological polar surface area (TPSA) is 12.0 Å². The van der Waals surface area contributed by atoms with Crippen molar-refractivity contribution in [3.8, 4) is 0 Å². The first-order valence-corrected chi connectivity index (χ1v) is 7.47. The van der Waals surface area contributed by atoms with Crippen molar-refractivity contribution in [1.82, 2.24) is 5.32 Å². The molecule has 0 unspecified atom stereocenters. The van der Waals surface area contributed by atoms with Crippen LogP contribution in [-0.2, 0) is 5.41 Å². The maximum atomic E-state index is 6.42. The molecule has 1 aromatic rings. The minimum Gasteiger partial charge on any atom is -0.319 e. The van der Waals surface area contributed by atoms with E-state index in [1.807, 2.05) is 12.1 Å². The molecule has 0 amide bonds. The molecule has 1 aromatic carbocycles. The minimum absolute atomic E-state index is 0.289. The molecular formula is C16H22ClN. The van der Waals surface area contributed by atoms with E-state index >= 15 is 0 Å². The highest BCUT2D eigenvalue weighted by Gasteiger charge is 2.55. The highest BCUT2D eigenvalue weighted by Crippen LogP contribution is 2.63. The molecule has 18 heavy (non-hydrogen) atoms. The SMILES string of the molecule is CNCC1(c2ccccc2Cl)CC2(CCCC2)C1. The van der Waals surface area contributed by atoms with Gasteiger partial charge in [0.15, 0.2) is 0 Å². The van der Waals surface area contributed by atoms with E-state index < -0.39 is 0 Å². The zero-order valence-electron chi connectivity index (χ0n) is 11.1. The van der Waals surface area contributed by atoms with Gasteiger partial charge in [0.2, 0.25) is 0 Å². The van der Waals surface area contributed by atoms with Crippen molar-refractivity contribution in [3.05, 3.63) is 34.9 Å². The van der Waals surface area contributed by atoms with Crippen molar-refractivity contribution in [3.63, 3.8) is 0 Å². The molecule has 0 heterocycles. The van der Waals surface area contributed by atoms with Crippen LogP contribution >= 0.6 is 11.6 Å². The Balaban J connectivity index is 1.88. The molecule has 98 valence electrons. The van der Waals surface area contributed by atoms with Gasteiger partial charge in [-0.3, -0.25) is 0 Å². The molecule has 2 saturated carbocycles. The van der Waals surface area contributed by atoms with E-state index in [4.69, 9.17) is 11.6 Å². The summed E-state index contributed by atoms with van der Waals surface area (Å²) in [5.74, 6) is 0. The lowest BCUT2D eigenvalue weighted by molar-refractivity contribution is 0.0283. The van der Waals surface area contributed by atoms with Gasteiger partial charge in [0.1, 0.15) is 0 Å². The molecule has 2 fully saturated rings. The summed E-state index contributed by atoms with van der Waals surface area (Å²) < 4.78 is 0.